The summed E-state index contributed by atoms with van der Waals surface area (Å²) in [5, 5.41) is 7.24. The molecule has 270 valence electrons. The van der Waals surface area contributed by atoms with Gasteiger partial charge in [-0.25, -0.2) is 0 Å². The third-order valence-corrected chi connectivity index (χ3v) is 14.5. The van der Waals surface area contributed by atoms with Crippen LogP contribution in [0.5, 0.6) is 11.5 Å². The molecule has 0 spiro atoms. The number of rotatable bonds is 1. The topological polar surface area (TPSA) is 27.3 Å². The number of furan rings is 1. The van der Waals surface area contributed by atoms with Crippen molar-refractivity contribution in [2.45, 2.75) is 62.2 Å². The van der Waals surface area contributed by atoms with E-state index in [0.717, 1.165) is 39.1 Å². The Morgan fingerprint density at radius 3 is 2.09 bits per heavy atom. The predicted octanol–water partition coefficient (Wildman–Crippen LogP) is 12.7. The van der Waals surface area contributed by atoms with E-state index in [9.17, 15) is 0 Å². The second kappa shape index (κ2) is 11.1. The van der Waals surface area contributed by atoms with Crippen LogP contribution in [0.1, 0.15) is 52.7 Å². The third kappa shape index (κ3) is 4.43. The summed E-state index contributed by atoms with van der Waals surface area (Å²) in [7, 11) is 0. The van der Waals surface area contributed by atoms with Crippen molar-refractivity contribution in [1.29, 1.82) is 0 Å². The van der Waals surface area contributed by atoms with E-state index in [1.807, 2.05) is 23.1 Å². The van der Waals surface area contributed by atoms with Crippen LogP contribution in [-0.2, 0) is 10.8 Å². The Bertz CT molecular complexity index is 3230. The fourth-order valence-electron chi connectivity index (χ4n) is 9.43. The molecular weight excluding hydrogens is 722 g/mol. The van der Waals surface area contributed by atoms with Crippen molar-refractivity contribution >= 4 is 110 Å². The van der Waals surface area contributed by atoms with Crippen molar-refractivity contribution in [3.63, 3.8) is 0 Å². The summed E-state index contributed by atoms with van der Waals surface area (Å²) in [6, 6.07) is 45.0. The molecule has 2 aliphatic rings. The number of fused-ring (bicyclic) bond motifs is 16. The van der Waals surface area contributed by atoms with Crippen LogP contribution in [0, 0.1) is 0 Å². The summed E-state index contributed by atoms with van der Waals surface area (Å²) in [5.74, 6) is 1.87. The van der Waals surface area contributed by atoms with Gasteiger partial charge in [-0.15, -0.1) is 11.3 Å². The Morgan fingerprint density at radius 2 is 1.29 bits per heavy atom. The lowest BCUT2D eigenvalue weighted by Crippen LogP contribution is -2.58. The summed E-state index contributed by atoms with van der Waals surface area (Å²) >= 11 is 3.75. The Balaban J connectivity index is 1.20. The largest absolute Gasteiger partial charge is 0.458 e. The number of hydrogen-bond donors (Lipinski definition) is 0. The highest BCUT2D eigenvalue weighted by Crippen LogP contribution is 2.51. The van der Waals surface area contributed by atoms with Gasteiger partial charge in [0, 0.05) is 52.2 Å². The van der Waals surface area contributed by atoms with Crippen molar-refractivity contribution < 1.29 is 9.15 Å². The van der Waals surface area contributed by atoms with Gasteiger partial charge < -0.3 is 13.7 Å². The van der Waals surface area contributed by atoms with Gasteiger partial charge in [-0.2, -0.15) is 0 Å². The number of nitrogens with zero attached hydrogens (tertiary/aromatic N) is 1. The number of hydrogen-bond acceptors (Lipinski definition) is 4. The van der Waals surface area contributed by atoms with Crippen LogP contribution in [0.15, 0.2) is 136 Å². The molecule has 0 radical (unpaired) electrons. The molecule has 0 amide bonds. The number of benzene rings is 7. The normalized spacial score (nSPS) is 13.9. The van der Waals surface area contributed by atoms with Crippen LogP contribution < -0.4 is 21.1 Å². The van der Waals surface area contributed by atoms with E-state index in [2.05, 4.69) is 167 Å². The maximum atomic E-state index is 7.08. The minimum Gasteiger partial charge on any atom is -0.458 e. The molecule has 0 bridgehead atoms. The summed E-state index contributed by atoms with van der Waals surface area (Å²) in [6.45, 7) is 13.9. The molecule has 0 aliphatic carbocycles. The van der Waals surface area contributed by atoms with Crippen LogP contribution >= 0.6 is 23.1 Å². The number of aromatic nitrogens is 1. The second-order valence-electron chi connectivity index (χ2n) is 17.7. The highest BCUT2D eigenvalue weighted by molar-refractivity contribution is 8.00. The van der Waals surface area contributed by atoms with Crippen molar-refractivity contribution in [1.82, 2.24) is 4.57 Å². The molecule has 0 unspecified atom stereocenters. The average molecular weight is 760 g/mol. The molecule has 6 heteroatoms. The first-order chi connectivity index (χ1) is 27.0. The van der Waals surface area contributed by atoms with Crippen molar-refractivity contribution in [3.8, 4) is 17.2 Å². The molecule has 7 aromatic carbocycles. The van der Waals surface area contributed by atoms with E-state index >= 15 is 0 Å². The zero-order valence-corrected chi connectivity index (χ0v) is 33.8. The van der Waals surface area contributed by atoms with Gasteiger partial charge >= 0.3 is 0 Å². The van der Waals surface area contributed by atoms with E-state index in [1.165, 1.54) is 79.3 Å². The Hall–Kier alpha value is -5.43. The highest BCUT2D eigenvalue weighted by Gasteiger charge is 2.41. The molecule has 5 heterocycles. The molecule has 0 saturated heterocycles. The van der Waals surface area contributed by atoms with Crippen LogP contribution in [0.25, 0.3) is 69.6 Å². The lowest BCUT2D eigenvalue weighted by atomic mass is 9.35. The Labute approximate surface area is 334 Å². The van der Waals surface area contributed by atoms with Crippen LogP contribution in [0.2, 0.25) is 0 Å². The van der Waals surface area contributed by atoms with E-state index < -0.39 is 0 Å². The number of para-hydroxylation sites is 2. The molecular formula is C50H38BNO2S2. The Kier molecular flexibility index (Phi) is 6.51. The molecule has 0 atom stereocenters. The number of thiophene rings is 1. The molecule has 0 N–H and O–H groups in total. The number of ether oxygens (including phenoxy) is 1. The first kappa shape index (κ1) is 32.8. The quantitative estimate of drug-likeness (QED) is 0.156. The molecule has 0 fully saturated rings. The minimum absolute atomic E-state index is 0.0143. The minimum atomic E-state index is 0.0143. The molecule has 2 aliphatic heterocycles. The summed E-state index contributed by atoms with van der Waals surface area (Å²) in [6.07, 6.45) is 0. The lowest BCUT2D eigenvalue weighted by Gasteiger charge is -2.35. The van der Waals surface area contributed by atoms with E-state index in [1.54, 1.807) is 0 Å². The van der Waals surface area contributed by atoms with Gasteiger partial charge in [0.15, 0.2) is 0 Å². The predicted molar refractivity (Wildman–Crippen MR) is 240 cm³/mol. The SMILES string of the molecule is CC(C)(C)c1ccc2c(c1)B1c3cc(C(C)(C)C)ccc3Sc3cc(-n4c5ccccc5c5c6sc7ccccc7c6c6oc7ccccc7c6c54)cc(c31)O2. The molecule has 56 heavy (non-hydrogen) atoms. The fraction of sp³-hybridized carbons (Fsp3) is 0.160. The van der Waals surface area contributed by atoms with Crippen LogP contribution in [-0.4, -0.2) is 11.3 Å². The summed E-state index contributed by atoms with van der Waals surface area (Å²) < 4.78 is 19.0. The molecule has 12 rings (SSSR count). The first-order valence-corrected chi connectivity index (χ1v) is 21.2. The van der Waals surface area contributed by atoms with Crippen molar-refractivity contribution in [3.05, 3.63) is 132 Å². The molecule has 10 aromatic rings. The van der Waals surface area contributed by atoms with Gasteiger partial charge in [-0.05, 0) is 69.3 Å². The molecule has 0 saturated carbocycles. The van der Waals surface area contributed by atoms with Gasteiger partial charge in [-0.1, -0.05) is 138 Å². The standard InChI is InChI=1S/C50H38BNO2S2/c1-49(2,3)27-19-21-37-33(23-27)51-34-24-28(50(4,5)6)20-22-40(34)55-41-26-29(25-38(53-37)45(41)51)52-35-16-10-7-13-30(35)43-46(52)42-31-14-8-11-17-36(31)54-47(42)44-32-15-9-12-18-39(32)56-48(43)44/h7-26H,1-6H3. The van der Waals surface area contributed by atoms with Gasteiger partial charge in [0.1, 0.15) is 22.7 Å². The second-order valence-corrected chi connectivity index (χ2v) is 19.8. The lowest BCUT2D eigenvalue weighted by molar-refractivity contribution is 0.485. The van der Waals surface area contributed by atoms with Crippen LogP contribution in [0.3, 0.4) is 0 Å². The van der Waals surface area contributed by atoms with Gasteiger partial charge in [0.25, 0.3) is 6.71 Å². The first-order valence-electron chi connectivity index (χ1n) is 19.5. The van der Waals surface area contributed by atoms with E-state index in [4.69, 9.17) is 9.15 Å². The van der Waals surface area contributed by atoms with Gasteiger partial charge in [0.05, 0.1) is 22.1 Å². The fourth-order valence-corrected chi connectivity index (χ4v) is 11.9. The summed E-state index contributed by atoms with van der Waals surface area (Å²) in [4.78, 5) is 2.55. The maximum absolute atomic E-state index is 7.08. The van der Waals surface area contributed by atoms with Gasteiger partial charge in [0.2, 0.25) is 0 Å². The van der Waals surface area contributed by atoms with Crippen molar-refractivity contribution in [2.24, 2.45) is 0 Å². The van der Waals surface area contributed by atoms with E-state index in [-0.39, 0.29) is 17.5 Å². The van der Waals surface area contributed by atoms with E-state index in [0.29, 0.717) is 0 Å². The zero-order chi connectivity index (χ0) is 37.8. The average Bonchev–Trinajstić information content (AvgIpc) is 3.86. The zero-order valence-electron chi connectivity index (χ0n) is 32.2. The molecule has 3 aromatic heterocycles. The summed E-state index contributed by atoms with van der Waals surface area (Å²) in [5.41, 5.74) is 11.9. The third-order valence-electron chi connectivity index (χ3n) is 12.2. The maximum Gasteiger partial charge on any atom is 0.253 e. The van der Waals surface area contributed by atoms with Crippen LogP contribution in [0.4, 0.5) is 0 Å². The highest BCUT2D eigenvalue weighted by atomic mass is 32.2. The van der Waals surface area contributed by atoms with Crippen molar-refractivity contribution in [2.75, 3.05) is 0 Å². The smallest absolute Gasteiger partial charge is 0.253 e. The molecule has 3 nitrogen and oxygen atoms in total. The Morgan fingerprint density at radius 1 is 0.589 bits per heavy atom. The monoisotopic (exact) mass is 759 g/mol. The van der Waals surface area contributed by atoms with Gasteiger partial charge in [-0.3, -0.25) is 0 Å².